The van der Waals surface area contributed by atoms with Crippen molar-refractivity contribution in [2.24, 2.45) is 10.3 Å². The number of benzene rings is 1. The fourth-order valence-corrected chi connectivity index (χ4v) is 1.10. The van der Waals surface area contributed by atoms with Crippen LogP contribution in [0.3, 0.4) is 0 Å². The maximum atomic E-state index is 8.78. The minimum absolute atomic E-state index is 0.330. The van der Waals surface area contributed by atoms with Crippen molar-refractivity contribution in [3.63, 3.8) is 0 Å². The molecule has 0 saturated heterocycles. The highest BCUT2D eigenvalue weighted by molar-refractivity contribution is 6.11. The van der Waals surface area contributed by atoms with E-state index in [4.69, 9.17) is 10.4 Å². The summed E-state index contributed by atoms with van der Waals surface area (Å²) in [6, 6.07) is 9.25. The Bertz CT molecular complexity index is 344. The van der Waals surface area contributed by atoms with Crippen LogP contribution in [0.1, 0.15) is 18.9 Å². The lowest BCUT2D eigenvalue weighted by Crippen LogP contribution is -2.06. The van der Waals surface area contributed by atoms with E-state index in [0.29, 0.717) is 17.8 Å². The van der Waals surface area contributed by atoms with Gasteiger partial charge in [0, 0.05) is 6.42 Å². The van der Waals surface area contributed by atoms with Gasteiger partial charge >= 0.3 is 0 Å². The highest BCUT2D eigenvalue weighted by Gasteiger charge is 2.05. The number of rotatable bonds is 3. The van der Waals surface area contributed by atoms with Gasteiger partial charge in [0.15, 0.2) is 0 Å². The zero-order valence-electron chi connectivity index (χ0n) is 7.88. The molecule has 4 heteroatoms. The van der Waals surface area contributed by atoms with Crippen LogP contribution in [0.2, 0.25) is 0 Å². The standard InChI is InChI=1S/C10H12N2O2/c1-8(11-13)7-10(12-14)9-5-3-2-4-6-9/h2-6,13-14H,7H2,1H3/b11-8+,12-10+. The van der Waals surface area contributed by atoms with Crippen molar-refractivity contribution in [1.29, 1.82) is 0 Å². The third kappa shape index (κ3) is 2.58. The van der Waals surface area contributed by atoms with Gasteiger partial charge < -0.3 is 10.4 Å². The maximum Gasteiger partial charge on any atom is 0.0924 e. The number of nitrogens with zero attached hydrogens (tertiary/aromatic N) is 2. The molecule has 0 aliphatic rings. The van der Waals surface area contributed by atoms with E-state index in [2.05, 4.69) is 10.3 Å². The van der Waals surface area contributed by atoms with E-state index in [-0.39, 0.29) is 0 Å². The lowest BCUT2D eigenvalue weighted by atomic mass is 10.1. The Labute approximate surface area is 82.2 Å². The second kappa shape index (κ2) is 5.01. The van der Waals surface area contributed by atoms with Crippen LogP contribution < -0.4 is 0 Å². The van der Waals surface area contributed by atoms with Gasteiger partial charge in [-0.2, -0.15) is 0 Å². The number of hydrogen-bond acceptors (Lipinski definition) is 4. The van der Waals surface area contributed by atoms with Crippen LogP contribution in [0.5, 0.6) is 0 Å². The lowest BCUT2D eigenvalue weighted by molar-refractivity contribution is 0.315. The molecule has 0 radical (unpaired) electrons. The van der Waals surface area contributed by atoms with Gasteiger partial charge in [-0.25, -0.2) is 0 Å². The Morgan fingerprint density at radius 2 is 1.79 bits per heavy atom. The summed E-state index contributed by atoms with van der Waals surface area (Å²) in [5, 5.41) is 23.4. The van der Waals surface area contributed by atoms with Crippen molar-refractivity contribution in [3.8, 4) is 0 Å². The zero-order chi connectivity index (χ0) is 10.4. The lowest BCUT2D eigenvalue weighted by Gasteiger charge is -2.02. The van der Waals surface area contributed by atoms with E-state index in [1.165, 1.54) is 0 Å². The molecule has 1 aromatic carbocycles. The summed E-state index contributed by atoms with van der Waals surface area (Å²) in [6.07, 6.45) is 0.330. The van der Waals surface area contributed by atoms with Crippen LogP contribution >= 0.6 is 0 Å². The number of hydrogen-bond donors (Lipinski definition) is 2. The highest BCUT2D eigenvalue weighted by atomic mass is 16.4. The van der Waals surface area contributed by atoms with Crippen molar-refractivity contribution in [3.05, 3.63) is 35.9 Å². The molecule has 0 atom stereocenters. The topological polar surface area (TPSA) is 65.2 Å². The molecule has 1 rings (SSSR count). The molecule has 0 unspecified atom stereocenters. The molecule has 0 heterocycles. The smallest absolute Gasteiger partial charge is 0.0924 e. The predicted molar refractivity (Wildman–Crippen MR) is 54.3 cm³/mol. The molecule has 0 bridgehead atoms. The summed E-state index contributed by atoms with van der Waals surface area (Å²) in [5.74, 6) is 0. The molecule has 0 fully saturated rings. The maximum absolute atomic E-state index is 8.78. The van der Waals surface area contributed by atoms with Crippen molar-refractivity contribution >= 4 is 11.4 Å². The van der Waals surface area contributed by atoms with Crippen LogP contribution in [-0.4, -0.2) is 21.8 Å². The van der Waals surface area contributed by atoms with E-state index < -0.39 is 0 Å². The third-order valence-electron chi connectivity index (χ3n) is 1.82. The van der Waals surface area contributed by atoms with Crippen LogP contribution in [0, 0.1) is 0 Å². The molecule has 74 valence electrons. The van der Waals surface area contributed by atoms with Crippen molar-refractivity contribution in [1.82, 2.24) is 0 Å². The SMILES string of the molecule is C/C(C/C(=N\O)c1ccccc1)=N\O. The fraction of sp³-hybridized carbons (Fsp3) is 0.200. The highest BCUT2D eigenvalue weighted by Crippen LogP contribution is 2.05. The minimum Gasteiger partial charge on any atom is -0.411 e. The molecular formula is C10H12N2O2. The van der Waals surface area contributed by atoms with Crippen LogP contribution in [0.15, 0.2) is 40.6 Å². The van der Waals surface area contributed by atoms with Crippen molar-refractivity contribution in [2.75, 3.05) is 0 Å². The van der Waals surface area contributed by atoms with Gasteiger partial charge in [0.1, 0.15) is 0 Å². The molecule has 1 aromatic rings. The van der Waals surface area contributed by atoms with Crippen molar-refractivity contribution in [2.45, 2.75) is 13.3 Å². The van der Waals surface area contributed by atoms with E-state index in [9.17, 15) is 0 Å². The predicted octanol–water partition coefficient (Wildman–Crippen LogP) is 2.11. The van der Waals surface area contributed by atoms with Gasteiger partial charge in [-0.05, 0) is 12.5 Å². The van der Waals surface area contributed by atoms with Crippen LogP contribution in [0.25, 0.3) is 0 Å². The minimum atomic E-state index is 0.330. The van der Waals surface area contributed by atoms with E-state index >= 15 is 0 Å². The van der Waals surface area contributed by atoms with Gasteiger partial charge in [-0.15, -0.1) is 0 Å². The first-order chi connectivity index (χ1) is 6.77. The molecule has 4 nitrogen and oxygen atoms in total. The summed E-state index contributed by atoms with van der Waals surface area (Å²) >= 11 is 0. The van der Waals surface area contributed by atoms with E-state index in [1.807, 2.05) is 30.3 Å². The first-order valence-corrected chi connectivity index (χ1v) is 4.22. The van der Waals surface area contributed by atoms with Gasteiger partial charge in [-0.1, -0.05) is 40.6 Å². The van der Waals surface area contributed by atoms with E-state index in [0.717, 1.165) is 5.56 Å². The first kappa shape index (κ1) is 10.2. The molecule has 0 saturated carbocycles. The average Bonchev–Trinajstić information content (AvgIpc) is 2.26. The zero-order valence-corrected chi connectivity index (χ0v) is 7.88. The van der Waals surface area contributed by atoms with Gasteiger partial charge in [0.2, 0.25) is 0 Å². The molecular weight excluding hydrogens is 180 g/mol. The van der Waals surface area contributed by atoms with Gasteiger partial charge in [0.25, 0.3) is 0 Å². The number of oxime groups is 2. The van der Waals surface area contributed by atoms with E-state index in [1.54, 1.807) is 6.92 Å². The Kier molecular flexibility index (Phi) is 3.67. The average molecular weight is 192 g/mol. The van der Waals surface area contributed by atoms with Crippen molar-refractivity contribution < 1.29 is 10.4 Å². The summed E-state index contributed by atoms with van der Waals surface area (Å²) in [6.45, 7) is 1.66. The summed E-state index contributed by atoms with van der Waals surface area (Å²) in [4.78, 5) is 0. The fourth-order valence-electron chi connectivity index (χ4n) is 1.10. The Morgan fingerprint density at radius 3 is 2.29 bits per heavy atom. The second-order valence-electron chi connectivity index (χ2n) is 2.92. The summed E-state index contributed by atoms with van der Waals surface area (Å²) in [7, 11) is 0. The Balaban J connectivity index is 2.85. The molecule has 0 aliphatic heterocycles. The Morgan fingerprint density at radius 1 is 1.14 bits per heavy atom. The summed E-state index contributed by atoms with van der Waals surface area (Å²) < 4.78 is 0. The van der Waals surface area contributed by atoms with Crippen LogP contribution in [-0.2, 0) is 0 Å². The monoisotopic (exact) mass is 192 g/mol. The second-order valence-corrected chi connectivity index (χ2v) is 2.92. The molecule has 0 aromatic heterocycles. The molecule has 0 spiro atoms. The molecule has 0 amide bonds. The first-order valence-electron chi connectivity index (χ1n) is 4.22. The molecule has 2 N–H and O–H groups in total. The third-order valence-corrected chi connectivity index (χ3v) is 1.82. The normalized spacial score (nSPS) is 12.9. The Hall–Kier alpha value is -1.84. The van der Waals surface area contributed by atoms with Crippen LogP contribution in [0.4, 0.5) is 0 Å². The van der Waals surface area contributed by atoms with Gasteiger partial charge in [-0.3, -0.25) is 0 Å². The molecule has 14 heavy (non-hydrogen) atoms. The van der Waals surface area contributed by atoms with Gasteiger partial charge in [0.05, 0.1) is 11.4 Å². The molecule has 0 aliphatic carbocycles. The summed E-state index contributed by atoms with van der Waals surface area (Å²) in [5.41, 5.74) is 1.81. The quantitative estimate of drug-likeness (QED) is 0.437. The largest absolute Gasteiger partial charge is 0.411 e.